The maximum atomic E-state index is 14.6. The number of phenolic OH excluding ortho intramolecular Hbond substituents is 3. The first-order valence-electron chi connectivity index (χ1n) is 25.6. The third-order valence-electron chi connectivity index (χ3n) is 13.1. The highest BCUT2D eigenvalue weighted by atomic mass is 32.1. The highest BCUT2D eigenvalue weighted by Gasteiger charge is 2.35. The molecule has 14 N–H and O–H groups in total. The number of carboxylic acid groups (broad SMARTS) is 1. The lowest BCUT2D eigenvalue weighted by Gasteiger charge is -2.29. The van der Waals surface area contributed by atoms with Gasteiger partial charge in [0.2, 0.25) is 35.4 Å². The number of aromatic hydroxyl groups is 3. The first kappa shape index (κ1) is 59.5. The van der Waals surface area contributed by atoms with Crippen molar-refractivity contribution in [1.29, 1.82) is 0 Å². The predicted molar refractivity (Wildman–Crippen MR) is 296 cm³/mol. The summed E-state index contributed by atoms with van der Waals surface area (Å²) in [7, 11) is 0. The Morgan fingerprint density at radius 3 is 1.59 bits per heavy atom. The average Bonchev–Trinajstić information content (AvgIpc) is 3.98. The monoisotopic (exact) mass is 1100 g/mol. The molecule has 6 aromatic rings. The molecule has 0 bridgehead atoms. The zero-order chi connectivity index (χ0) is 57.2. The number of unbranched alkanes of at least 4 members (excludes halogenated alkanes) is 1. The number of carbonyl (C=O) groups is 7. The zero-order valence-corrected chi connectivity index (χ0v) is 44.4. The van der Waals surface area contributed by atoms with E-state index in [-0.39, 0.29) is 73.2 Å². The van der Waals surface area contributed by atoms with Gasteiger partial charge in [-0.05, 0) is 84.8 Å². The number of nitrogens with zero attached hydrogens (tertiary/aromatic N) is 4. The molecule has 0 radical (unpaired) electrons. The predicted octanol–water partition coefficient (Wildman–Crippen LogP) is 2.02. The number of phenols is 3. The van der Waals surface area contributed by atoms with Crippen molar-refractivity contribution in [2.75, 3.05) is 18.0 Å². The molecule has 0 aliphatic rings. The maximum Gasteiger partial charge on any atom is 0.326 e. The molecule has 79 heavy (non-hydrogen) atoms. The molecule has 0 saturated heterocycles. The number of nitrogens with one attached hydrogen (secondary N) is 6. The molecule has 0 fully saturated rings. The van der Waals surface area contributed by atoms with Gasteiger partial charge in [0, 0.05) is 30.6 Å². The van der Waals surface area contributed by atoms with E-state index in [1.165, 1.54) is 83.8 Å². The topological polar surface area (TPSA) is 368 Å². The van der Waals surface area contributed by atoms with Gasteiger partial charge in [-0.15, -0.1) is 0 Å². The average molecular weight is 1100 g/mol. The number of carbonyl (C=O) groups excluding carboxylic acids is 6. The van der Waals surface area contributed by atoms with Crippen molar-refractivity contribution in [3.8, 4) is 28.5 Å². The molecule has 6 amide bonds. The molecule has 0 unspecified atom stereocenters. The van der Waals surface area contributed by atoms with Crippen molar-refractivity contribution in [3.05, 3.63) is 126 Å². The van der Waals surface area contributed by atoms with Gasteiger partial charge >= 0.3 is 5.97 Å². The Kier molecular flexibility index (Phi) is 21.5. The van der Waals surface area contributed by atoms with Crippen molar-refractivity contribution in [1.82, 2.24) is 51.6 Å². The second kappa shape index (κ2) is 28.6. The lowest BCUT2D eigenvalue weighted by Crippen LogP contribution is -2.61. The summed E-state index contributed by atoms with van der Waals surface area (Å²) in [6.45, 7) is 3.36. The Balaban J connectivity index is 1.21. The number of hydrogen-bond acceptors (Lipinski definition) is 16. The third kappa shape index (κ3) is 16.9. The lowest BCUT2D eigenvalue weighted by molar-refractivity contribution is -0.142. The molecule has 2 aromatic heterocycles. The number of amides is 6. The van der Waals surface area contributed by atoms with Crippen molar-refractivity contribution in [2.45, 2.75) is 102 Å². The van der Waals surface area contributed by atoms with Crippen LogP contribution in [0.4, 0.5) is 5.82 Å². The number of rotatable bonds is 28. The number of hydrogen-bond donors (Lipinski definition) is 13. The summed E-state index contributed by atoms with van der Waals surface area (Å²) in [5, 5.41) is 61.0. The number of carboxylic acids is 1. The van der Waals surface area contributed by atoms with Crippen molar-refractivity contribution in [2.24, 2.45) is 11.7 Å². The number of aromatic nitrogens is 4. The molecule has 0 spiro atoms. The number of nitrogen functional groups attached to an aromatic ring is 1. The zero-order valence-electron chi connectivity index (χ0n) is 43.5. The summed E-state index contributed by atoms with van der Waals surface area (Å²) < 4.78 is 1.34. The SMILES string of the molecule is CC[C@H](C)[C@H](NC(=O)[C@H](CS)NC(=O)Cn1nc(-c2ccccc2)c2c(N)ncnc21)C(=O)N[C@@H](Cc1ccc(O)cc1)C(=O)N[C@@H](CCCCN)C(=O)N[C@@H](Cc1ccc(O)cc1)C(=O)N[C@@H](Cc1ccc(O)cc1)C(=O)O. The van der Waals surface area contributed by atoms with Gasteiger partial charge in [-0.25, -0.2) is 19.4 Å². The van der Waals surface area contributed by atoms with Crippen LogP contribution in [0.2, 0.25) is 0 Å². The van der Waals surface area contributed by atoms with Gasteiger partial charge in [-0.1, -0.05) is 87.0 Å². The molecule has 0 aliphatic heterocycles. The van der Waals surface area contributed by atoms with E-state index in [4.69, 9.17) is 11.5 Å². The van der Waals surface area contributed by atoms with Gasteiger partial charge in [-0.2, -0.15) is 17.7 Å². The molecule has 0 saturated carbocycles. The van der Waals surface area contributed by atoms with Gasteiger partial charge < -0.3 is 63.8 Å². The normalized spacial score (nSPS) is 13.8. The standard InChI is InChI=1S/C55H66N12O11S/c1-3-31(2)46(65-53(75)43(29-79)60-44(71)28-67-49-45(48(57)58-30-59-49)47(66-67)35-9-5-4-6-10-35)54(76)63-41(26-33-14-20-37(69)21-15-33)51(73)61-39(11-7-8-24-56)50(72)62-40(25-32-12-18-36(68)19-13-32)52(74)64-42(55(77)78)27-34-16-22-38(70)23-17-34/h4-6,9-10,12-23,30-31,39-43,46,68-70,79H,3,7-8,11,24-29,56H2,1-2H3,(H,60,71)(H,61,73)(H,62,72)(H,63,76)(H,64,74)(H,65,75)(H,77,78)(H2,57,58,59)/t31-,39-,40-,41-,42-,43-,46-/m0/s1. The van der Waals surface area contributed by atoms with Crippen molar-refractivity contribution in [3.63, 3.8) is 0 Å². The van der Waals surface area contributed by atoms with Crippen LogP contribution in [0.15, 0.2) is 109 Å². The number of fused-ring (bicyclic) bond motifs is 1. The van der Waals surface area contributed by atoms with E-state index in [1.807, 2.05) is 30.3 Å². The summed E-state index contributed by atoms with van der Waals surface area (Å²) in [6.07, 6.45) is 1.88. The Morgan fingerprint density at radius 2 is 1.09 bits per heavy atom. The highest BCUT2D eigenvalue weighted by Crippen LogP contribution is 2.30. The Bertz CT molecular complexity index is 3060. The van der Waals surface area contributed by atoms with Gasteiger partial charge in [0.25, 0.3) is 0 Å². The van der Waals surface area contributed by atoms with Crippen LogP contribution in [0.1, 0.15) is 56.2 Å². The van der Waals surface area contributed by atoms with Crippen LogP contribution in [0.3, 0.4) is 0 Å². The molecule has 0 aliphatic carbocycles. The molecule has 418 valence electrons. The molecular formula is C55H66N12O11S. The number of anilines is 1. The van der Waals surface area contributed by atoms with E-state index in [0.717, 1.165) is 0 Å². The van der Waals surface area contributed by atoms with E-state index in [0.29, 0.717) is 52.6 Å². The highest BCUT2D eigenvalue weighted by molar-refractivity contribution is 7.80. The van der Waals surface area contributed by atoms with E-state index in [1.54, 1.807) is 13.8 Å². The van der Waals surface area contributed by atoms with E-state index in [2.05, 4.69) is 59.6 Å². The molecule has 4 aromatic carbocycles. The van der Waals surface area contributed by atoms with Crippen LogP contribution in [0.5, 0.6) is 17.2 Å². The summed E-state index contributed by atoms with van der Waals surface area (Å²) in [5.41, 5.74) is 14.9. The fourth-order valence-corrected chi connectivity index (χ4v) is 8.78. The summed E-state index contributed by atoms with van der Waals surface area (Å²) in [4.78, 5) is 106. The fraction of sp³-hybridized carbons (Fsp3) is 0.345. The lowest BCUT2D eigenvalue weighted by atomic mass is 9.96. The van der Waals surface area contributed by atoms with Crippen LogP contribution >= 0.6 is 12.6 Å². The van der Waals surface area contributed by atoms with Gasteiger partial charge in [0.05, 0.1) is 5.39 Å². The Morgan fingerprint density at radius 1 is 0.608 bits per heavy atom. The molecule has 6 rings (SSSR count). The number of aliphatic carboxylic acids is 1. The number of benzene rings is 4. The Labute approximate surface area is 460 Å². The summed E-state index contributed by atoms with van der Waals surface area (Å²) in [5.74, 6) is -6.84. The molecule has 24 heteroatoms. The van der Waals surface area contributed by atoms with Crippen LogP contribution in [-0.4, -0.2) is 130 Å². The van der Waals surface area contributed by atoms with Crippen LogP contribution in [0, 0.1) is 5.92 Å². The number of nitrogens with two attached hydrogens (primary N) is 2. The minimum atomic E-state index is -1.47. The molecule has 7 atom stereocenters. The smallest absolute Gasteiger partial charge is 0.326 e. The quantitative estimate of drug-likeness (QED) is 0.0247. The summed E-state index contributed by atoms with van der Waals surface area (Å²) in [6, 6.07) is 18.3. The third-order valence-corrected chi connectivity index (χ3v) is 13.5. The minimum Gasteiger partial charge on any atom is -0.508 e. The van der Waals surface area contributed by atoms with Crippen LogP contribution < -0.4 is 43.4 Å². The Hall–Kier alpha value is -8.77. The van der Waals surface area contributed by atoms with Crippen LogP contribution in [-0.2, 0) is 59.4 Å². The number of thiol groups is 1. The van der Waals surface area contributed by atoms with Gasteiger partial charge in [-0.3, -0.25) is 28.8 Å². The second-order valence-electron chi connectivity index (χ2n) is 19.0. The molecule has 2 heterocycles. The summed E-state index contributed by atoms with van der Waals surface area (Å²) >= 11 is 4.35. The van der Waals surface area contributed by atoms with Gasteiger partial charge in [0.1, 0.15) is 77.9 Å². The van der Waals surface area contributed by atoms with Crippen molar-refractivity contribution >= 4 is 70.9 Å². The van der Waals surface area contributed by atoms with Crippen molar-refractivity contribution < 1.29 is 54.0 Å². The van der Waals surface area contributed by atoms with E-state index in [9.17, 15) is 54.0 Å². The largest absolute Gasteiger partial charge is 0.508 e. The second-order valence-corrected chi connectivity index (χ2v) is 19.3. The first-order chi connectivity index (χ1) is 37.9. The van der Waals surface area contributed by atoms with E-state index < -0.39 is 83.6 Å². The van der Waals surface area contributed by atoms with E-state index >= 15 is 0 Å². The minimum absolute atomic E-state index is 0.00970. The van der Waals surface area contributed by atoms with Crippen LogP contribution in [0.25, 0.3) is 22.3 Å². The maximum absolute atomic E-state index is 14.6. The molecule has 23 nitrogen and oxygen atoms in total. The molecular weight excluding hydrogens is 1040 g/mol. The first-order valence-corrected chi connectivity index (χ1v) is 26.2. The van der Waals surface area contributed by atoms with Gasteiger partial charge in [0.15, 0.2) is 5.65 Å². The fourth-order valence-electron chi connectivity index (χ4n) is 8.53.